The number of aromatic carboxylic acids is 1. The van der Waals surface area contributed by atoms with Crippen LogP contribution in [0.2, 0.25) is 0 Å². The highest BCUT2D eigenvalue weighted by Gasteiger charge is 2.17. The molecule has 0 aliphatic carbocycles. The summed E-state index contributed by atoms with van der Waals surface area (Å²) in [7, 11) is -3.72. The Hall–Kier alpha value is -1.12. The van der Waals surface area contributed by atoms with Crippen molar-refractivity contribution in [3.05, 3.63) is 16.3 Å². The van der Waals surface area contributed by atoms with Crippen LogP contribution < -0.4 is 9.44 Å². The number of anilines is 1. The van der Waals surface area contributed by atoms with E-state index in [1.165, 1.54) is 11.4 Å². The van der Waals surface area contributed by atoms with Gasteiger partial charge in [-0.2, -0.15) is 13.1 Å². The molecule has 0 spiro atoms. The molecule has 0 fully saturated rings. The summed E-state index contributed by atoms with van der Waals surface area (Å²) in [6, 6.07) is 1.15. The van der Waals surface area contributed by atoms with E-state index in [1.807, 2.05) is 0 Å². The quantitative estimate of drug-likeness (QED) is 0.742. The van der Waals surface area contributed by atoms with Gasteiger partial charge in [0.05, 0.1) is 5.69 Å². The summed E-state index contributed by atoms with van der Waals surface area (Å²) in [5.74, 6) is -1.16. The SMILES string of the molecule is CC(C)NS(=O)(=O)Nc1ccsc1C(=O)O. The van der Waals surface area contributed by atoms with Gasteiger partial charge in [-0.1, -0.05) is 0 Å². The first-order valence-electron chi connectivity index (χ1n) is 4.42. The van der Waals surface area contributed by atoms with Gasteiger partial charge in [-0.3, -0.25) is 4.72 Å². The molecule has 16 heavy (non-hydrogen) atoms. The molecule has 0 atom stereocenters. The molecule has 0 saturated heterocycles. The minimum atomic E-state index is -3.72. The second kappa shape index (κ2) is 4.81. The molecular formula is C8H12N2O4S2. The Morgan fingerprint density at radius 1 is 1.50 bits per heavy atom. The lowest BCUT2D eigenvalue weighted by atomic mass is 10.4. The predicted octanol–water partition coefficient (Wildman–Crippen LogP) is 1.10. The van der Waals surface area contributed by atoms with Crippen molar-refractivity contribution in [2.24, 2.45) is 0 Å². The second-order valence-electron chi connectivity index (χ2n) is 3.35. The molecule has 0 aromatic carbocycles. The Labute approximate surface area is 97.5 Å². The summed E-state index contributed by atoms with van der Waals surface area (Å²) in [5.41, 5.74) is 0.0747. The minimum absolute atomic E-state index is 0.0332. The molecule has 0 aliphatic rings. The minimum Gasteiger partial charge on any atom is -0.477 e. The molecule has 90 valence electrons. The zero-order chi connectivity index (χ0) is 12.3. The highest BCUT2D eigenvalue weighted by Crippen LogP contribution is 2.22. The topological polar surface area (TPSA) is 95.5 Å². The van der Waals surface area contributed by atoms with E-state index in [0.29, 0.717) is 0 Å². The average Bonchev–Trinajstić information content (AvgIpc) is 2.48. The lowest BCUT2D eigenvalue weighted by molar-refractivity contribution is 0.0703. The fraction of sp³-hybridized carbons (Fsp3) is 0.375. The molecule has 0 aliphatic heterocycles. The van der Waals surface area contributed by atoms with E-state index in [1.54, 1.807) is 13.8 Å². The maximum absolute atomic E-state index is 11.5. The van der Waals surface area contributed by atoms with Crippen LogP contribution in [0.3, 0.4) is 0 Å². The Kier molecular flexibility index (Phi) is 3.89. The Balaban J connectivity index is 2.88. The number of carboxylic acid groups (broad SMARTS) is 1. The Morgan fingerprint density at radius 2 is 2.12 bits per heavy atom. The Bertz CT molecular complexity index is 478. The summed E-state index contributed by atoms with van der Waals surface area (Å²) in [4.78, 5) is 10.7. The van der Waals surface area contributed by atoms with Gasteiger partial charge in [0.1, 0.15) is 4.88 Å². The van der Waals surface area contributed by atoms with E-state index in [2.05, 4.69) is 9.44 Å². The van der Waals surface area contributed by atoms with Crippen molar-refractivity contribution in [1.29, 1.82) is 0 Å². The molecule has 0 radical (unpaired) electrons. The van der Waals surface area contributed by atoms with Crippen LogP contribution in [0, 0.1) is 0 Å². The summed E-state index contributed by atoms with van der Waals surface area (Å²) in [6.45, 7) is 3.34. The molecule has 0 amide bonds. The van der Waals surface area contributed by atoms with Crippen molar-refractivity contribution in [3.63, 3.8) is 0 Å². The lowest BCUT2D eigenvalue weighted by Crippen LogP contribution is -2.35. The van der Waals surface area contributed by atoms with Crippen LogP contribution >= 0.6 is 11.3 Å². The van der Waals surface area contributed by atoms with Gasteiger partial charge in [0.25, 0.3) is 10.2 Å². The zero-order valence-electron chi connectivity index (χ0n) is 8.72. The maximum atomic E-state index is 11.5. The molecule has 1 rings (SSSR count). The largest absolute Gasteiger partial charge is 0.477 e. The number of carbonyl (C=O) groups is 1. The maximum Gasteiger partial charge on any atom is 0.348 e. The second-order valence-corrected chi connectivity index (χ2v) is 5.71. The molecule has 0 saturated carbocycles. The van der Waals surface area contributed by atoms with Crippen LogP contribution in [0.4, 0.5) is 5.69 Å². The van der Waals surface area contributed by atoms with Crippen molar-refractivity contribution in [1.82, 2.24) is 4.72 Å². The standard InChI is InChI=1S/C8H12N2O4S2/c1-5(2)9-16(13,14)10-6-3-4-15-7(6)8(11)12/h3-5,9-10H,1-2H3,(H,11,12). The number of thiophene rings is 1. The third kappa shape index (κ3) is 3.47. The van der Waals surface area contributed by atoms with Gasteiger partial charge in [0.2, 0.25) is 0 Å². The molecule has 1 aromatic heterocycles. The van der Waals surface area contributed by atoms with E-state index in [9.17, 15) is 13.2 Å². The monoisotopic (exact) mass is 264 g/mol. The van der Waals surface area contributed by atoms with Gasteiger partial charge in [-0.25, -0.2) is 4.79 Å². The van der Waals surface area contributed by atoms with Gasteiger partial charge in [-0.05, 0) is 25.3 Å². The van der Waals surface area contributed by atoms with Crippen molar-refractivity contribution in [2.45, 2.75) is 19.9 Å². The third-order valence-electron chi connectivity index (χ3n) is 1.49. The number of hydrogen-bond donors (Lipinski definition) is 3. The van der Waals surface area contributed by atoms with Crippen LogP contribution in [-0.4, -0.2) is 25.5 Å². The molecule has 1 aromatic rings. The summed E-state index contributed by atoms with van der Waals surface area (Å²) in [6.07, 6.45) is 0. The first-order chi connectivity index (χ1) is 7.32. The van der Waals surface area contributed by atoms with Crippen LogP contribution in [0.15, 0.2) is 11.4 Å². The van der Waals surface area contributed by atoms with Gasteiger partial charge < -0.3 is 5.11 Å². The van der Waals surface area contributed by atoms with Crippen LogP contribution in [0.5, 0.6) is 0 Å². The molecule has 0 unspecified atom stereocenters. The normalized spacial score (nSPS) is 11.7. The van der Waals surface area contributed by atoms with Gasteiger partial charge in [0.15, 0.2) is 0 Å². The van der Waals surface area contributed by atoms with Crippen molar-refractivity contribution < 1.29 is 18.3 Å². The van der Waals surface area contributed by atoms with Crippen molar-refractivity contribution in [3.8, 4) is 0 Å². The number of nitrogens with one attached hydrogen (secondary N) is 2. The van der Waals surface area contributed by atoms with E-state index in [4.69, 9.17) is 5.11 Å². The number of hydrogen-bond acceptors (Lipinski definition) is 4. The van der Waals surface area contributed by atoms with Gasteiger partial charge >= 0.3 is 5.97 Å². The van der Waals surface area contributed by atoms with E-state index < -0.39 is 16.2 Å². The molecule has 6 nitrogen and oxygen atoms in total. The highest BCUT2D eigenvalue weighted by molar-refractivity contribution is 7.90. The first kappa shape index (κ1) is 12.9. The summed E-state index contributed by atoms with van der Waals surface area (Å²) < 4.78 is 27.4. The van der Waals surface area contributed by atoms with Crippen LogP contribution in [0.1, 0.15) is 23.5 Å². The molecular weight excluding hydrogens is 252 g/mol. The van der Waals surface area contributed by atoms with E-state index in [0.717, 1.165) is 11.3 Å². The lowest BCUT2D eigenvalue weighted by Gasteiger charge is -2.10. The number of rotatable bonds is 5. The number of carboxylic acids is 1. The van der Waals surface area contributed by atoms with Crippen LogP contribution in [0.25, 0.3) is 0 Å². The van der Waals surface area contributed by atoms with E-state index >= 15 is 0 Å². The van der Waals surface area contributed by atoms with E-state index in [-0.39, 0.29) is 16.6 Å². The summed E-state index contributed by atoms with van der Waals surface area (Å²) in [5, 5.41) is 10.3. The fourth-order valence-electron chi connectivity index (χ4n) is 1.04. The molecule has 8 heteroatoms. The van der Waals surface area contributed by atoms with Crippen LogP contribution in [-0.2, 0) is 10.2 Å². The Morgan fingerprint density at radius 3 is 2.62 bits per heavy atom. The zero-order valence-corrected chi connectivity index (χ0v) is 10.4. The first-order valence-corrected chi connectivity index (χ1v) is 6.79. The van der Waals surface area contributed by atoms with Gasteiger partial charge in [-0.15, -0.1) is 11.3 Å². The highest BCUT2D eigenvalue weighted by atomic mass is 32.2. The molecule has 0 bridgehead atoms. The third-order valence-corrected chi connectivity index (χ3v) is 3.67. The molecule has 3 N–H and O–H groups in total. The molecule has 1 heterocycles. The summed E-state index contributed by atoms with van der Waals surface area (Å²) >= 11 is 0.963. The van der Waals surface area contributed by atoms with Crippen molar-refractivity contribution >= 4 is 33.2 Å². The van der Waals surface area contributed by atoms with Gasteiger partial charge in [0, 0.05) is 6.04 Å². The smallest absolute Gasteiger partial charge is 0.348 e. The predicted molar refractivity (Wildman–Crippen MR) is 62.1 cm³/mol. The fourth-order valence-corrected chi connectivity index (χ4v) is 2.93. The average molecular weight is 264 g/mol. The van der Waals surface area contributed by atoms with Crippen molar-refractivity contribution in [2.75, 3.05) is 4.72 Å².